The lowest BCUT2D eigenvalue weighted by Gasteiger charge is -2.36. The Labute approximate surface area is 87.7 Å². The Balaban J connectivity index is 1.88. The van der Waals surface area contributed by atoms with Gasteiger partial charge in [0.2, 0.25) is 0 Å². The van der Waals surface area contributed by atoms with Gasteiger partial charge in [-0.15, -0.1) is 0 Å². The lowest BCUT2D eigenvalue weighted by molar-refractivity contribution is -0.0143. The molecular formula is C11H14N2O2. The van der Waals surface area contributed by atoms with Crippen LogP contribution in [0.1, 0.15) is 12.8 Å². The lowest BCUT2D eigenvalue weighted by atomic mass is 9.74. The van der Waals surface area contributed by atoms with E-state index in [-0.39, 0.29) is 11.2 Å². The van der Waals surface area contributed by atoms with Crippen molar-refractivity contribution < 1.29 is 4.74 Å². The van der Waals surface area contributed by atoms with Crippen molar-refractivity contribution in [2.45, 2.75) is 25.0 Å². The summed E-state index contributed by atoms with van der Waals surface area (Å²) in [4.78, 5) is 11.6. The van der Waals surface area contributed by atoms with E-state index in [0.717, 1.165) is 25.4 Å². The average molecular weight is 206 g/mol. The van der Waals surface area contributed by atoms with Crippen molar-refractivity contribution in [3.05, 3.63) is 28.7 Å². The summed E-state index contributed by atoms with van der Waals surface area (Å²) in [6.07, 6.45) is 3.88. The van der Waals surface area contributed by atoms with Crippen molar-refractivity contribution in [1.82, 2.24) is 4.57 Å². The van der Waals surface area contributed by atoms with E-state index in [1.165, 1.54) is 6.07 Å². The predicted octanol–water partition coefficient (Wildman–Crippen LogP) is 0.609. The second kappa shape index (κ2) is 2.85. The molecule has 1 aromatic rings. The zero-order chi connectivity index (χ0) is 10.5. The molecule has 2 bridgehead atoms. The number of rotatable bonds is 2. The molecule has 3 fully saturated rings. The third-order valence-corrected chi connectivity index (χ3v) is 3.41. The maximum Gasteiger partial charge on any atom is 0.250 e. The minimum Gasteiger partial charge on any atom is -0.398 e. The van der Waals surface area contributed by atoms with E-state index < -0.39 is 0 Å². The molecule has 1 saturated carbocycles. The van der Waals surface area contributed by atoms with Gasteiger partial charge in [0.15, 0.2) is 0 Å². The second-order valence-corrected chi connectivity index (χ2v) is 4.70. The normalized spacial score (nSPS) is 32.7. The molecule has 2 aliphatic heterocycles. The monoisotopic (exact) mass is 206 g/mol. The van der Waals surface area contributed by atoms with Crippen molar-refractivity contribution in [2.75, 3.05) is 12.3 Å². The summed E-state index contributed by atoms with van der Waals surface area (Å²) in [7, 11) is 0. The number of pyridine rings is 1. The molecule has 4 nitrogen and oxygen atoms in total. The Bertz CT molecular complexity index is 441. The molecule has 0 aromatic carbocycles. The SMILES string of the molecule is Nc1ccc(=O)n(CC23CC(CO2)C3)c1. The standard InChI is InChI=1S/C11H14N2O2/c12-9-1-2-10(14)13(5-9)7-11-3-8(4-11)6-15-11/h1-2,5,8H,3-4,6-7,12H2. The number of aromatic nitrogens is 1. The van der Waals surface area contributed by atoms with Crippen LogP contribution >= 0.6 is 0 Å². The summed E-state index contributed by atoms with van der Waals surface area (Å²) < 4.78 is 7.38. The largest absolute Gasteiger partial charge is 0.398 e. The van der Waals surface area contributed by atoms with Crippen LogP contribution in [0.4, 0.5) is 5.69 Å². The number of nitrogens with two attached hydrogens (primary N) is 1. The van der Waals surface area contributed by atoms with Crippen molar-refractivity contribution in [1.29, 1.82) is 0 Å². The van der Waals surface area contributed by atoms with Crippen LogP contribution < -0.4 is 11.3 Å². The minimum atomic E-state index is -0.0672. The highest BCUT2D eigenvalue weighted by Crippen LogP contribution is 2.49. The van der Waals surface area contributed by atoms with E-state index in [0.29, 0.717) is 12.2 Å². The van der Waals surface area contributed by atoms with Crippen LogP contribution in [0, 0.1) is 5.92 Å². The molecule has 0 atom stereocenters. The predicted molar refractivity (Wildman–Crippen MR) is 56.5 cm³/mol. The van der Waals surface area contributed by atoms with E-state index in [9.17, 15) is 4.79 Å². The van der Waals surface area contributed by atoms with Crippen LogP contribution in [0.3, 0.4) is 0 Å². The number of nitrogens with zero attached hydrogens (tertiary/aromatic N) is 1. The fourth-order valence-electron chi connectivity index (χ4n) is 2.68. The number of hydrogen-bond acceptors (Lipinski definition) is 3. The van der Waals surface area contributed by atoms with Gasteiger partial charge in [0.1, 0.15) is 0 Å². The second-order valence-electron chi connectivity index (χ2n) is 4.70. The third kappa shape index (κ3) is 1.36. The summed E-state index contributed by atoms with van der Waals surface area (Å²) >= 11 is 0. The quantitative estimate of drug-likeness (QED) is 0.771. The zero-order valence-corrected chi connectivity index (χ0v) is 8.48. The molecule has 0 amide bonds. The Kier molecular flexibility index (Phi) is 1.71. The van der Waals surface area contributed by atoms with E-state index in [1.54, 1.807) is 16.8 Å². The summed E-state index contributed by atoms with van der Waals surface area (Å²) in [5, 5.41) is 0. The Morgan fingerprint density at radius 3 is 3.00 bits per heavy atom. The number of anilines is 1. The van der Waals surface area contributed by atoms with Gasteiger partial charge < -0.3 is 15.0 Å². The first-order valence-corrected chi connectivity index (χ1v) is 5.27. The Hall–Kier alpha value is -1.29. The molecule has 3 aliphatic rings. The average Bonchev–Trinajstić information content (AvgIpc) is 2.70. The molecule has 2 saturated heterocycles. The first kappa shape index (κ1) is 8.97. The fraction of sp³-hybridized carbons (Fsp3) is 0.545. The van der Waals surface area contributed by atoms with Crippen LogP contribution in [-0.2, 0) is 11.3 Å². The maximum atomic E-state index is 11.6. The first-order chi connectivity index (χ1) is 7.17. The van der Waals surface area contributed by atoms with Gasteiger partial charge in [-0.2, -0.15) is 0 Å². The van der Waals surface area contributed by atoms with E-state index in [2.05, 4.69) is 0 Å². The van der Waals surface area contributed by atoms with Gasteiger partial charge in [-0.1, -0.05) is 0 Å². The highest BCUT2D eigenvalue weighted by molar-refractivity contribution is 5.33. The molecule has 4 heteroatoms. The molecule has 0 spiro atoms. The van der Waals surface area contributed by atoms with Crippen LogP contribution in [-0.4, -0.2) is 16.8 Å². The highest BCUT2D eigenvalue weighted by Gasteiger charge is 2.52. The number of ether oxygens (including phenoxy) is 1. The topological polar surface area (TPSA) is 57.2 Å². The van der Waals surface area contributed by atoms with E-state index in [4.69, 9.17) is 10.5 Å². The smallest absolute Gasteiger partial charge is 0.250 e. The summed E-state index contributed by atoms with van der Waals surface area (Å²) in [6.45, 7) is 1.50. The Morgan fingerprint density at radius 1 is 1.53 bits per heavy atom. The molecule has 0 radical (unpaired) electrons. The fourth-order valence-corrected chi connectivity index (χ4v) is 2.68. The molecular weight excluding hydrogens is 192 g/mol. The molecule has 1 aliphatic carbocycles. The molecule has 80 valence electrons. The van der Waals surface area contributed by atoms with Gasteiger partial charge in [0.05, 0.1) is 18.8 Å². The summed E-state index contributed by atoms with van der Waals surface area (Å²) in [6, 6.07) is 3.15. The molecule has 3 heterocycles. The van der Waals surface area contributed by atoms with Gasteiger partial charge in [-0.3, -0.25) is 4.79 Å². The van der Waals surface area contributed by atoms with E-state index >= 15 is 0 Å². The molecule has 15 heavy (non-hydrogen) atoms. The van der Waals surface area contributed by atoms with Crippen molar-refractivity contribution in [3.8, 4) is 0 Å². The molecule has 0 unspecified atom stereocenters. The zero-order valence-electron chi connectivity index (χ0n) is 8.48. The Morgan fingerprint density at radius 2 is 2.33 bits per heavy atom. The van der Waals surface area contributed by atoms with Crippen LogP contribution in [0.15, 0.2) is 23.1 Å². The lowest BCUT2D eigenvalue weighted by Crippen LogP contribution is -2.43. The molecule has 2 N–H and O–H groups in total. The summed E-state index contributed by atoms with van der Waals surface area (Å²) in [5.41, 5.74) is 6.21. The highest BCUT2D eigenvalue weighted by atomic mass is 16.5. The summed E-state index contributed by atoms with van der Waals surface area (Å²) in [5.74, 6) is 0.724. The van der Waals surface area contributed by atoms with Crippen LogP contribution in [0.25, 0.3) is 0 Å². The van der Waals surface area contributed by atoms with Crippen molar-refractivity contribution >= 4 is 5.69 Å². The molecule has 1 aromatic heterocycles. The van der Waals surface area contributed by atoms with Crippen molar-refractivity contribution in [2.24, 2.45) is 5.92 Å². The van der Waals surface area contributed by atoms with Gasteiger partial charge in [-0.05, 0) is 24.8 Å². The minimum absolute atomic E-state index is 0.00229. The van der Waals surface area contributed by atoms with Crippen molar-refractivity contribution in [3.63, 3.8) is 0 Å². The van der Waals surface area contributed by atoms with E-state index in [1.807, 2.05) is 0 Å². The number of fused-ring (bicyclic) bond motifs is 1. The molecule has 4 rings (SSSR count). The van der Waals surface area contributed by atoms with Gasteiger partial charge in [0, 0.05) is 18.0 Å². The van der Waals surface area contributed by atoms with Crippen LogP contribution in [0.2, 0.25) is 0 Å². The van der Waals surface area contributed by atoms with Gasteiger partial charge in [0.25, 0.3) is 5.56 Å². The first-order valence-electron chi connectivity index (χ1n) is 5.27. The van der Waals surface area contributed by atoms with Crippen LogP contribution in [0.5, 0.6) is 0 Å². The number of nitrogen functional groups attached to an aromatic ring is 1. The van der Waals surface area contributed by atoms with Gasteiger partial charge in [-0.25, -0.2) is 0 Å². The third-order valence-electron chi connectivity index (χ3n) is 3.41. The number of hydrogen-bond donors (Lipinski definition) is 1. The maximum absolute atomic E-state index is 11.6. The van der Waals surface area contributed by atoms with Gasteiger partial charge >= 0.3 is 0 Å².